The predicted octanol–water partition coefficient (Wildman–Crippen LogP) is 1.92. The number of aliphatic imine (C=N–C) groups is 1. The van der Waals surface area contributed by atoms with Crippen LogP contribution in [0.5, 0.6) is 0 Å². The lowest BCUT2D eigenvalue weighted by atomic mass is 9.84. The minimum atomic E-state index is -0.837. The van der Waals surface area contributed by atoms with Gasteiger partial charge in [0.15, 0.2) is 5.78 Å². The van der Waals surface area contributed by atoms with E-state index >= 15 is 0 Å². The van der Waals surface area contributed by atoms with E-state index in [1.54, 1.807) is 6.21 Å². The van der Waals surface area contributed by atoms with Crippen LogP contribution in [0.15, 0.2) is 4.99 Å². The first-order chi connectivity index (χ1) is 10.9. The summed E-state index contributed by atoms with van der Waals surface area (Å²) in [6, 6.07) is -0.0215. The molecular formula is C17H33N3O3. The number of hydrogen-bond acceptors (Lipinski definition) is 5. The normalized spacial score (nSPS) is 15.7. The van der Waals surface area contributed by atoms with Crippen LogP contribution in [-0.2, 0) is 4.79 Å². The largest absolute Gasteiger partial charge is 0.392 e. The standard InChI is InChI=1S/C17H33N3O3/c1-4-12(5-2)14(20-6-3)10-15(22)13(16(23)11-21)8-7-9-17(18)19/h6,12-15,21-22H,4-5,7-11H2,1-3H3,(H3,18,19). The van der Waals surface area contributed by atoms with Crippen molar-refractivity contribution in [3.8, 4) is 0 Å². The van der Waals surface area contributed by atoms with E-state index in [4.69, 9.17) is 16.2 Å². The molecule has 0 rings (SSSR count). The van der Waals surface area contributed by atoms with Gasteiger partial charge >= 0.3 is 0 Å². The van der Waals surface area contributed by atoms with Crippen LogP contribution in [0.3, 0.4) is 0 Å². The van der Waals surface area contributed by atoms with Crippen molar-refractivity contribution in [3.63, 3.8) is 0 Å². The van der Waals surface area contributed by atoms with Gasteiger partial charge in [-0.1, -0.05) is 26.7 Å². The molecule has 0 heterocycles. The third-order valence-corrected chi connectivity index (χ3v) is 4.41. The molecule has 0 spiro atoms. The van der Waals surface area contributed by atoms with Gasteiger partial charge in [-0.2, -0.15) is 0 Å². The minimum Gasteiger partial charge on any atom is -0.392 e. The first kappa shape index (κ1) is 21.7. The van der Waals surface area contributed by atoms with Crippen LogP contribution in [-0.4, -0.2) is 46.8 Å². The topological polar surface area (TPSA) is 120 Å². The fraction of sp³-hybridized carbons (Fsp3) is 0.824. The van der Waals surface area contributed by atoms with E-state index in [1.165, 1.54) is 0 Å². The summed E-state index contributed by atoms with van der Waals surface area (Å²) in [6.45, 7) is 5.48. The number of carbonyl (C=O) groups is 1. The number of ketones is 1. The molecule has 0 aromatic carbocycles. The van der Waals surface area contributed by atoms with Crippen LogP contribution >= 0.6 is 0 Å². The Hall–Kier alpha value is -1.27. The maximum atomic E-state index is 11.9. The van der Waals surface area contributed by atoms with E-state index in [0.717, 1.165) is 12.8 Å². The highest BCUT2D eigenvalue weighted by Gasteiger charge is 2.30. The quantitative estimate of drug-likeness (QED) is 0.305. The number of rotatable bonds is 13. The number of carbonyl (C=O) groups excluding carboxylic acids is 1. The van der Waals surface area contributed by atoms with Gasteiger partial charge in [-0.25, -0.2) is 0 Å². The second-order valence-corrected chi connectivity index (χ2v) is 6.00. The molecule has 6 nitrogen and oxygen atoms in total. The number of nitrogens with two attached hydrogens (primary N) is 1. The molecule has 0 bridgehead atoms. The Labute approximate surface area is 139 Å². The molecule has 3 atom stereocenters. The van der Waals surface area contributed by atoms with Crippen molar-refractivity contribution in [2.24, 2.45) is 22.6 Å². The molecule has 0 amide bonds. The van der Waals surface area contributed by atoms with Gasteiger partial charge in [0.25, 0.3) is 0 Å². The lowest BCUT2D eigenvalue weighted by Crippen LogP contribution is -2.35. The van der Waals surface area contributed by atoms with Crippen molar-refractivity contribution in [3.05, 3.63) is 0 Å². The van der Waals surface area contributed by atoms with Gasteiger partial charge < -0.3 is 15.9 Å². The van der Waals surface area contributed by atoms with Gasteiger partial charge in [0, 0.05) is 12.3 Å². The summed E-state index contributed by atoms with van der Waals surface area (Å²) >= 11 is 0. The molecule has 6 heteroatoms. The number of amidine groups is 1. The number of aliphatic hydroxyl groups is 2. The van der Waals surface area contributed by atoms with Crippen molar-refractivity contribution < 1.29 is 15.0 Å². The van der Waals surface area contributed by atoms with Crippen molar-refractivity contribution in [2.45, 2.75) is 71.4 Å². The van der Waals surface area contributed by atoms with E-state index < -0.39 is 18.6 Å². The molecule has 0 saturated carbocycles. The average molecular weight is 327 g/mol. The summed E-state index contributed by atoms with van der Waals surface area (Å²) in [6.07, 6.45) is 4.62. The molecule has 23 heavy (non-hydrogen) atoms. The van der Waals surface area contributed by atoms with Crippen LogP contribution < -0.4 is 5.73 Å². The highest BCUT2D eigenvalue weighted by atomic mass is 16.3. The van der Waals surface area contributed by atoms with Crippen molar-refractivity contribution in [2.75, 3.05) is 6.61 Å². The van der Waals surface area contributed by atoms with Gasteiger partial charge in [0.1, 0.15) is 6.61 Å². The minimum absolute atomic E-state index is 0.0215. The van der Waals surface area contributed by atoms with Crippen LogP contribution in [0, 0.1) is 17.2 Å². The Balaban J connectivity index is 4.92. The van der Waals surface area contributed by atoms with E-state index in [-0.39, 0.29) is 17.7 Å². The first-order valence-electron chi connectivity index (χ1n) is 8.53. The SMILES string of the molecule is CC=NC(CC(O)C(CCCC(=N)N)C(=O)CO)C(CC)CC. The molecular weight excluding hydrogens is 294 g/mol. The summed E-state index contributed by atoms with van der Waals surface area (Å²) in [4.78, 5) is 16.4. The van der Waals surface area contributed by atoms with E-state index in [1.807, 2.05) is 6.92 Å². The average Bonchev–Trinajstić information content (AvgIpc) is 2.51. The fourth-order valence-corrected chi connectivity index (χ4v) is 3.01. The predicted molar refractivity (Wildman–Crippen MR) is 94.0 cm³/mol. The Morgan fingerprint density at radius 1 is 1.35 bits per heavy atom. The van der Waals surface area contributed by atoms with Gasteiger partial charge in [0.05, 0.1) is 18.0 Å². The Bertz CT molecular complexity index is 381. The zero-order valence-corrected chi connectivity index (χ0v) is 14.7. The second-order valence-electron chi connectivity index (χ2n) is 6.00. The molecule has 0 aromatic heterocycles. The maximum absolute atomic E-state index is 11.9. The smallest absolute Gasteiger partial charge is 0.163 e. The summed E-state index contributed by atoms with van der Waals surface area (Å²) in [5, 5.41) is 26.9. The van der Waals surface area contributed by atoms with E-state index in [0.29, 0.717) is 31.6 Å². The molecule has 0 aliphatic carbocycles. The third kappa shape index (κ3) is 8.23. The zero-order valence-electron chi connectivity index (χ0n) is 14.7. The highest BCUT2D eigenvalue weighted by Crippen LogP contribution is 2.25. The monoisotopic (exact) mass is 327 g/mol. The van der Waals surface area contributed by atoms with Crippen molar-refractivity contribution in [1.82, 2.24) is 0 Å². The summed E-state index contributed by atoms with van der Waals surface area (Å²) in [7, 11) is 0. The molecule has 5 N–H and O–H groups in total. The number of Topliss-reactive ketones (excluding diaryl/α,β-unsaturated/α-hetero) is 1. The Morgan fingerprint density at radius 3 is 2.39 bits per heavy atom. The molecule has 134 valence electrons. The van der Waals surface area contributed by atoms with Crippen LogP contribution in [0.4, 0.5) is 0 Å². The number of nitrogens with zero attached hydrogens (tertiary/aromatic N) is 1. The summed E-state index contributed by atoms with van der Waals surface area (Å²) in [5.41, 5.74) is 5.33. The molecule has 0 radical (unpaired) electrons. The van der Waals surface area contributed by atoms with Crippen molar-refractivity contribution >= 4 is 17.8 Å². The molecule has 0 aliphatic heterocycles. The van der Waals surface area contributed by atoms with Crippen LogP contribution in [0.25, 0.3) is 0 Å². The van der Waals surface area contributed by atoms with Crippen LogP contribution in [0.1, 0.15) is 59.3 Å². The van der Waals surface area contributed by atoms with Crippen LogP contribution in [0.2, 0.25) is 0 Å². The van der Waals surface area contributed by atoms with E-state index in [2.05, 4.69) is 18.8 Å². The molecule has 0 fully saturated rings. The van der Waals surface area contributed by atoms with Gasteiger partial charge in [-0.15, -0.1) is 0 Å². The van der Waals surface area contributed by atoms with Gasteiger partial charge in [-0.05, 0) is 38.3 Å². The molecule has 0 saturated heterocycles. The molecule has 0 aromatic rings. The Kier molecular flexibility index (Phi) is 11.5. The van der Waals surface area contributed by atoms with Gasteiger partial charge in [-0.3, -0.25) is 15.2 Å². The van der Waals surface area contributed by atoms with Gasteiger partial charge in [0.2, 0.25) is 0 Å². The summed E-state index contributed by atoms with van der Waals surface area (Å²) < 4.78 is 0. The van der Waals surface area contributed by atoms with Crippen molar-refractivity contribution in [1.29, 1.82) is 5.41 Å². The molecule has 0 aliphatic rings. The number of hydrogen-bond donors (Lipinski definition) is 4. The number of aliphatic hydroxyl groups excluding tert-OH is 2. The van der Waals surface area contributed by atoms with E-state index in [9.17, 15) is 9.90 Å². The number of nitrogens with one attached hydrogen (secondary N) is 1. The Morgan fingerprint density at radius 2 is 1.96 bits per heavy atom. The lowest BCUT2D eigenvalue weighted by molar-refractivity contribution is -0.129. The highest BCUT2D eigenvalue weighted by molar-refractivity contribution is 5.82. The fourth-order valence-electron chi connectivity index (χ4n) is 3.01. The first-order valence-corrected chi connectivity index (χ1v) is 8.53. The second kappa shape index (κ2) is 12.2. The third-order valence-electron chi connectivity index (χ3n) is 4.41. The summed E-state index contributed by atoms with van der Waals surface area (Å²) in [5.74, 6) is -0.545. The molecule has 3 unspecified atom stereocenters. The lowest BCUT2D eigenvalue weighted by Gasteiger charge is -2.28. The maximum Gasteiger partial charge on any atom is 0.163 e. The zero-order chi connectivity index (χ0) is 17.8.